The van der Waals surface area contributed by atoms with Crippen molar-refractivity contribution in [3.05, 3.63) is 54.4 Å². The third kappa shape index (κ3) is 5.53. The number of rotatable bonds is 7. The van der Waals surface area contributed by atoms with Gasteiger partial charge in [0.25, 0.3) is 0 Å². The third-order valence-corrected chi connectivity index (χ3v) is 5.51. The average molecular weight is 423 g/mol. The summed E-state index contributed by atoms with van der Waals surface area (Å²) in [5.74, 6) is 0.864. The Morgan fingerprint density at radius 1 is 1.13 bits per heavy atom. The van der Waals surface area contributed by atoms with Gasteiger partial charge in [0.05, 0.1) is 13.2 Å². The van der Waals surface area contributed by atoms with Gasteiger partial charge in [-0.3, -0.25) is 4.90 Å². The Morgan fingerprint density at radius 3 is 2.77 bits per heavy atom. The number of aromatic nitrogens is 2. The van der Waals surface area contributed by atoms with Crippen LogP contribution in [0.2, 0.25) is 0 Å². The molecule has 2 aromatic heterocycles. The molecule has 1 saturated heterocycles. The van der Waals surface area contributed by atoms with E-state index in [1.807, 2.05) is 43.3 Å². The first-order valence-corrected chi connectivity index (χ1v) is 10.6. The van der Waals surface area contributed by atoms with E-state index < -0.39 is 0 Å². The van der Waals surface area contributed by atoms with Crippen molar-refractivity contribution in [2.24, 2.45) is 0 Å². The minimum atomic E-state index is -0.227. The SMILES string of the molecule is CN(C)c1cc(CNC(=O)Nc2ccc3c(ccn3CCN3CCOCC3)c2)ccn1. The molecule has 2 amide bonds. The first-order valence-electron chi connectivity index (χ1n) is 10.6. The fraction of sp³-hybridized carbons (Fsp3) is 0.391. The number of carbonyl (C=O) groups is 1. The number of pyridine rings is 1. The number of carbonyl (C=O) groups excluding carboxylic acids is 1. The average Bonchev–Trinajstić information content (AvgIpc) is 3.19. The summed E-state index contributed by atoms with van der Waals surface area (Å²) in [6.07, 6.45) is 3.86. The summed E-state index contributed by atoms with van der Waals surface area (Å²) in [5.41, 5.74) is 2.95. The molecule has 3 heterocycles. The second-order valence-corrected chi connectivity index (χ2v) is 7.96. The third-order valence-electron chi connectivity index (χ3n) is 5.51. The first kappa shape index (κ1) is 21.1. The number of hydrogen-bond acceptors (Lipinski definition) is 5. The summed E-state index contributed by atoms with van der Waals surface area (Å²) >= 11 is 0. The van der Waals surface area contributed by atoms with Gasteiger partial charge in [-0.2, -0.15) is 0 Å². The first-order chi connectivity index (χ1) is 15.1. The van der Waals surface area contributed by atoms with E-state index in [4.69, 9.17) is 4.74 Å². The van der Waals surface area contributed by atoms with E-state index >= 15 is 0 Å². The number of hydrogen-bond donors (Lipinski definition) is 2. The quantitative estimate of drug-likeness (QED) is 0.613. The maximum absolute atomic E-state index is 12.4. The van der Waals surface area contributed by atoms with Crippen LogP contribution in [0.4, 0.5) is 16.3 Å². The van der Waals surface area contributed by atoms with E-state index in [1.165, 1.54) is 5.52 Å². The Morgan fingerprint density at radius 2 is 1.97 bits per heavy atom. The zero-order valence-electron chi connectivity index (χ0n) is 18.2. The molecule has 164 valence electrons. The molecule has 31 heavy (non-hydrogen) atoms. The van der Waals surface area contributed by atoms with Crippen molar-refractivity contribution in [2.75, 3.05) is 57.2 Å². The summed E-state index contributed by atoms with van der Waals surface area (Å²) < 4.78 is 7.68. The highest BCUT2D eigenvalue weighted by atomic mass is 16.5. The summed E-state index contributed by atoms with van der Waals surface area (Å²) in [4.78, 5) is 21.0. The van der Waals surface area contributed by atoms with Crippen LogP contribution in [0.5, 0.6) is 0 Å². The fourth-order valence-corrected chi connectivity index (χ4v) is 3.72. The molecule has 4 rings (SSSR count). The van der Waals surface area contributed by atoms with Crippen molar-refractivity contribution >= 4 is 28.4 Å². The van der Waals surface area contributed by atoms with E-state index in [0.717, 1.165) is 61.8 Å². The van der Waals surface area contributed by atoms with Crippen LogP contribution in [0.3, 0.4) is 0 Å². The lowest BCUT2D eigenvalue weighted by atomic mass is 10.2. The zero-order chi connectivity index (χ0) is 21.6. The van der Waals surface area contributed by atoms with Gasteiger partial charge in [0.15, 0.2) is 0 Å². The molecule has 0 radical (unpaired) electrons. The van der Waals surface area contributed by atoms with Crippen LogP contribution in [0.25, 0.3) is 10.9 Å². The molecule has 3 aromatic rings. The standard InChI is InChI=1S/C23H30N6O2/c1-27(2)22-15-18(5-7-24-22)17-25-23(30)26-20-3-4-21-19(16-20)6-8-29(21)10-9-28-11-13-31-14-12-28/h3-8,15-16H,9-14,17H2,1-2H3,(H2,25,26,30). The topological polar surface area (TPSA) is 74.7 Å². The zero-order valence-corrected chi connectivity index (χ0v) is 18.2. The van der Waals surface area contributed by atoms with Crippen LogP contribution in [-0.4, -0.2) is 67.4 Å². The number of fused-ring (bicyclic) bond motifs is 1. The van der Waals surface area contributed by atoms with Gasteiger partial charge >= 0.3 is 6.03 Å². The second-order valence-electron chi connectivity index (χ2n) is 7.96. The number of nitrogens with one attached hydrogen (secondary N) is 2. The van der Waals surface area contributed by atoms with Gasteiger partial charge in [0, 0.05) is 75.8 Å². The smallest absolute Gasteiger partial charge is 0.319 e. The Labute approximate surface area is 182 Å². The van der Waals surface area contributed by atoms with Crippen molar-refractivity contribution in [2.45, 2.75) is 13.1 Å². The minimum Gasteiger partial charge on any atom is -0.379 e. The summed E-state index contributed by atoms with van der Waals surface area (Å²) in [6, 6.07) is 11.8. The maximum atomic E-state index is 12.4. The van der Waals surface area contributed by atoms with Crippen molar-refractivity contribution in [1.82, 2.24) is 19.8 Å². The highest BCUT2D eigenvalue weighted by molar-refractivity contribution is 5.92. The van der Waals surface area contributed by atoms with E-state index in [0.29, 0.717) is 6.54 Å². The van der Waals surface area contributed by atoms with Gasteiger partial charge in [-0.25, -0.2) is 9.78 Å². The fourth-order valence-electron chi connectivity index (χ4n) is 3.72. The molecule has 0 bridgehead atoms. The number of amides is 2. The molecular formula is C23H30N6O2. The van der Waals surface area contributed by atoms with Crippen molar-refractivity contribution in [3.63, 3.8) is 0 Å². The predicted octanol–water partition coefficient (Wildman–Crippen LogP) is 2.76. The van der Waals surface area contributed by atoms with Crippen LogP contribution >= 0.6 is 0 Å². The highest BCUT2D eigenvalue weighted by Crippen LogP contribution is 2.21. The van der Waals surface area contributed by atoms with Crippen molar-refractivity contribution < 1.29 is 9.53 Å². The van der Waals surface area contributed by atoms with E-state index in [-0.39, 0.29) is 6.03 Å². The van der Waals surface area contributed by atoms with Gasteiger partial charge in [0.1, 0.15) is 5.82 Å². The molecule has 2 N–H and O–H groups in total. The lowest BCUT2D eigenvalue weighted by Crippen LogP contribution is -2.38. The van der Waals surface area contributed by atoms with Crippen molar-refractivity contribution in [3.8, 4) is 0 Å². The summed E-state index contributed by atoms with van der Waals surface area (Å²) in [5, 5.41) is 6.95. The Bertz CT molecular complexity index is 1030. The predicted molar refractivity (Wildman–Crippen MR) is 124 cm³/mol. The van der Waals surface area contributed by atoms with Gasteiger partial charge in [-0.05, 0) is 42.0 Å². The number of anilines is 2. The molecule has 1 aliphatic heterocycles. The van der Waals surface area contributed by atoms with Gasteiger partial charge in [-0.1, -0.05) is 0 Å². The van der Waals surface area contributed by atoms with Gasteiger partial charge in [-0.15, -0.1) is 0 Å². The number of nitrogens with zero attached hydrogens (tertiary/aromatic N) is 4. The molecular weight excluding hydrogens is 392 g/mol. The second kappa shape index (κ2) is 9.80. The molecule has 0 aliphatic carbocycles. The molecule has 8 nitrogen and oxygen atoms in total. The van der Waals surface area contributed by atoms with E-state index in [2.05, 4.69) is 43.4 Å². The van der Waals surface area contributed by atoms with Crippen LogP contribution in [0.1, 0.15) is 5.56 Å². The summed E-state index contributed by atoms with van der Waals surface area (Å²) in [6.45, 7) is 6.03. The Hall–Kier alpha value is -3.10. The van der Waals surface area contributed by atoms with E-state index in [1.54, 1.807) is 6.20 Å². The van der Waals surface area contributed by atoms with Gasteiger partial charge < -0.3 is 24.8 Å². The maximum Gasteiger partial charge on any atom is 0.319 e. The van der Waals surface area contributed by atoms with Crippen LogP contribution < -0.4 is 15.5 Å². The minimum absolute atomic E-state index is 0.227. The largest absolute Gasteiger partial charge is 0.379 e. The van der Waals surface area contributed by atoms with Crippen LogP contribution in [0.15, 0.2) is 48.8 Å². The molecule has 1 aromatic carbocycles. The molecule has 8 heteroatoms. The van der Waals surface area contributed by atoms with Gasteiger partial charge in [0.2, 0.25) is 0 Å². The normalized spacial score (nSPS) is 14.5. The summed E-state index contributed by atoms with van der Waals surface area (Å²) in [7, 11) is 3.89. The molecule has 1 fully saturated rings. The monoisotopic (exact) mass is 422 g/mol. The Kier molecular flexibility index (Phi) is 6.69. The van der Waals surface area contributed by atoms with Crippen LogP contribution in [0, 0.1) is 0 Å². The number of benzene rings is 1. The molecule has 0 saturated carbocycles. The van der Waals surface area contributed by atoms with Crippen molar-refractivity contribution in [1.29, 1.82) is 0 Å². The number of urea groups is 1. The molecule has 0 atom stereocenters. The number of morpholine rings is 1. The van der Waals surface area contributed by atoms with E-state index in [9.17, 15) is 4.79 Å². The number of ether oxygens (including phenoxy) is 1. The molecule has 1 aliphatic rings. The lowest BCUT2D eigenvalue weighted by molar-refractivity contribution is 0.0365. The Balaban J connectivity index is 1.32. The lowest BCUT2D eigenvalue weighted by Gasteiger charge is -2.26. The molecule has 0 unspecified atom stereocenters. The highest BCUT2D eigenvalue weighted by Gasteiger charge is 2.11. The van der Waals surface area contributed by atoms with Crippen LogP contribution in [-0.2, 0) is 17.8 Å². The molecule has 0 spiro atoms.